The Morgan fingerprint density at radius 3 is 2.56 bits per heavy atom. The first kappa shape index (κ1) is 18.3. The number of rotatable bonds is 5. The van der Waals surface area contributed by atoms with Crippen LogP contribution in [0.15, 0.2) is 18.2 Å². The molecular formula is C17H21N3O5. The lowest BCUT2D eigenvalue weighted by atomic mass is 10.2. The SMILES string of the molecule is COc1cccc(C(=O)OC(C)C(=O)Nc2c(C)nn(C)c2C)c1O. The van der Waals surface area contributed by atoms with Crippen molar-refractivity contribution >= 4 is 17.6 Å². The summed E-state index contributed by atoms with van der Waals surface area (Å²) in [6.45, 7) is 5.04. The zero-order valence-electron chi connectivity index (χ0n) is 14.8. The van der Waals surface area contributed by atoms with Gasteiger partial charge in [0.15, 0.2) is 17.6 Å². The zero-order chi connectivity index (χ0) is 18.7. The molecule has 0 saturated carbocycles. The summed E-state index contributed by atoms with van der Waals surface area (Å²) >= 11 is 0. The van der Waals surface area contributed by atoms with Gasteiger partial charge in [-0.2, -0.15) is 5.10 Å². The van der Waals surface area contributed by atoms with Crippen molar-refractivity contribution in [1.29, 1.82) is 0 Å². The second-order valence-corrected chi connectivity index (χ2v) is 5.56. The molecule has 0 bridgehead atoms. The minimum absolute atomic E-state index is 0.0762. The molecule has 2 rings (SSSR count). The number of aryl methyl sites for hydroxylation is 2. The average Bonchev–Trinajstić information content (AvgIpc) is 2.81. The van der Waals surface area contributed by atoms with Crippen LogP contribution in [-0.4, -0.2) is 40.0 Å². The number of hydrogen-bond donors (Lipinski definition) is 2. The van der Waals surface area contributed by atoms with Crippen molar-refractivity contribution in [2.45, 2.75) is 26.9 Å². The third-order valence-electron chi connectivity index (χ3n) is 3.85. The van der Waals surface area contributed by atoms with Crippen molar-refractivity contribution in [3.8, 4) is 11.5 Å². The van der Waals surface area contributed by atoms with Crippen molar-refractivity contribution in [1.82, 2.24) is 9.78 Å². The third-order valence-corrected chi connectivity index (χ3v) is 3.85. The van der Waals surface area contributed by atoms with Gasteiger partial charge < -0.3 is 19.9 Å². The molecule has 1 heterocycles. The molecule has 8 heteroatoms. The lowest BCUT2D eigenvalue weighted by Gasteiger charge is -2.15. The van der Waals surface area contributed by atoms with E-state index < -0.39 is 18.0 Å². The highest BCUT2D eigenvalue weighted by Crippen LogP contribution is 2.30. The monoisotopic (exact) mass is 347 g/mol. The van der Waals surface area contributed by atoms with Crippen LogP contribution < -0.4 is 10.1 Å². The lowest BCUT2D eigenvalue weighted by Crippen LogP contribution is -2.30. The molecule has 1 amide bonds. The van der Waals surface area contributed by atoms with Crippen LogP contribution in [0, 0.1) is 13.8 Å². The number of phenolic OH excluding ortho intramolecular Hbond substituents is 1. The fraction of sp³-hybridized carbons (Fsp3) is 0.353. The molecule has 1 aromatic heterocycles. The van der Waals surface area contributed by atoms with Crippen molar-refractivity contribution in [2.24, 2.45) is 7.05 Å². The quantitative estimate of drug-likeness (QED) is 0.801. The molecule has 25 heavy (non-hydrogen) atoms. The molecule has 2 N–H and O–H groups in total. The smallest absolute Gasteiger partial charge is 0.342 e. The molecule has 0 aliphatic carbocycles. The van der Waals surface area contributed by atoms with Crippen LogP contribution in [0.5, 0.6) is 11.5 Å². The molecular weight excluding hydrogens is 326 g/mol. The second kappa shape index (κ2) is 7.25. The molecule has 1 unspecified atom stereocenters. The number of carbonyl (C=O) groups is 2. The maximum atomic E-state index is 12.3. The van der Waals surface area contributed by atoms with Gasteiger partial charge in [0.2, 0.25) is 0 Å². The largest absolute Gasteiger partial charge is 0.504 e. The van der Waals surface area contributed by atoms with Gasteiger partial charge in [-0.15, -0.1) is 0 Å². The number of para-hydroxylation sites is 1. The van der Waals surface area contributed by atoms with Gasteiger partial charge in [-0.05, 0) is 32.9 Å². The number of esters is 1. The van der Waals surface area contributed by atoms with Crippen molar-refractivity contribution in [3.05, 3.63) is 35.2 Å². The number of amides is 1. The zero-order valence-corrected chi connectivity index (χ0v) is 14.8. The van der Waals surface area contributed by atoms with E-state index in [0.717, 1.165) is 5.69 Å². The number of phenols is 1. The predicted molar refractivity (Wildman–Crippen MR) is 90.8 cm³/mol. The number of benzene rings is 1. The van der Waals surface area contributed by atoms with Gasteiger partial charge in [0, 0.05) is 7.05 Å². The first-order valence-electron chi connectivity index (χ1n) is 7.64. The van der Waals surface area contributed by atoms with Crippen molar-refractivity contribution < 1.29 is 24.2 Å². The van der Waals surface area contributed by atoms with Crippen LogP contribution in [0.4, 0.5) is 5.69 Å². The minimum Gasteiger partial charge on any atom is -0.504 e. The number of nitrogens with zero attached hydrogens (tertiary/aromatic N) is 2. The van der Waals surface area contributed by atoms with Crippen LogP contribution in [0.1, 0.15) is 28.7 Å². The summed E-state index contributed by atoms with van der Waals surface area (Å²) in [5, 5.41) is 16.9. The van der Waals surface area contributed by atoms with Gasteiger partial charge in [0.25, 0.3) is 5.91 Å². The highest BCUT2D eigenvalue weighted by atomic mass is 16.5. The van der Waals surface area contributed by atoms with Crippen LogP contribution in [-0.2, 0) is 16.6 Å². The standard InChI is InChI=1S/C17H21N3O5/c1-9-14(10(2)20(4)19-9)18-16(22)11(3)25-17(23)12-7-6-8-13(24-5)15(12)21/h6-8,11,21H,1-5H3,(H,18,22). The summed E-state index contributed by atoms with van der Waals surface area (Å²) in [4.78, 5) is 24.5. The molecule has 1 atom stereocenters. The van der Waals surface area contributed by atoms with Gasteiger partial charge in [-0.25, -0.2) is 4.79 Å². The van der Waals surface area contributed by atoms with E-state index in [9.17, 15) is 14.7 Å². The van der Waals surface area contributed by atoms with Crippen LogP contribution in [0.25, 0.3) is 0 Å². The Morgan fingerprint density at radius 2 is 2.00 bits per heavy atom. The number of methoxy groups -OCH3 is 1. The molecule has 1 aromatic carbocycles. The van der Waals surface area contributed by atoms with Gasteiger partial charge in [0.1, 0.15) is 5.56 Å². The summed E-state index contributed by atoms with van der Waals surface area (Å²) in [5.74, 6) is -1.50. The molecule has 0 fully saturated rings. The normalized spacial score (nSPS) is 11.7. The minimum atomic E-state index is -1.06. The van der Waals surface area contributed by atoms with E-state index in [1.165, 1.54) is 26.2 Å². The highest BCUT2D eigenvalue weighted by Gasteiger charge is 2.23. The first-order chi connectivity index (χ1) is 11.8. The summed E-state index contributed by atoms with van der Waals surface area (Å²) in [6, 6.07) is 4.44. The molecule has 134 valence electrons. The molecule has 0 radical (unpaired) electrons. The van der Waals surface area contributed by atoms with E-state index in [1.807, 2.05) is 6.92 Å². The van der Waals surface area contributed by atoms with Gasteiger partial charge in [-0.3, -0.25) is 9.48 Å². The number of hydrogen-bond acceptors (Lipinski definition) is 6. The number of carbonyl (C=O) groups excluding carboxylic acids is 2. The van der Waals surface area contributed by atoms with Gasteiger partial charge >= 0.3 is 5.97 Å². The topological polar surface area (TPSA) is 103 Å². The third kappa shape index (κ3) is 3.73. The maximum Gasteiger partial charge on any atom is 0.342 e. The molecule has 2 aromatic rings. The van der Waals surface area contributed by atoms with E-state index in [-0.39, 0.29) is 17.1 Å². The van der Waals surface area contributed by atoms with Gasteiger partial charge in [-0.1, -0.05) is 6.07 Å². The number of nitrogens with one attached hydrogen (secondary N) is 1. The Balaban J connectivity index is 2.10. The number of aromatic hydroxyl groups is 1. The first-order valence-corrected chi connectivity index (χ1v) is 7.64. The molecule has 0 spiro atoms. The van der Waals surface area contributed by atoms with Crippen molar-refractivity contribution in [2.75, 3.05) is 12.4 Å². The summed E-state index contributed by atoms with van der Waals surface area (Å²) in [5.41, 5.74) is 1.96. The molecule has 8 nitrogen and oxygen atoms in total. The number of anilines is 1. The number of aromatic nitrogens is 2. The highest BCUT2D eigenvalue weighted by molar-refractivity contribution is 5.99. The van der Waals surface area contributed by atoms with Crippen LogP contribution >= 0.6 is 0 Å². The second-order valence-electron chi connectivity index (χ2n) is 5.56. The average molecular weight is 347 g/mol. The predicted octanol–water partition coefficient (Wildman–Crippen LogP) is 1.94. The number of ether oxygens (including phenoxy) is 2. The van der Waals surface area contributed by atoms with Crippen LogP contribution in [0.2, 0.25) is 0 Å². The van der Waals surface area contributed by atoms with E-state index >= 15 is 0 Å². The summed E-state index contributed by atoms with van der Waals surface area (Å²) in [6.07, 6.45) is -1.06. The van der Waals surface area contributed by atoms with E-state index in [0.29, 0.717) is 11.4 Å². The Labute approximate surface area is 145 Å². The maximum absolute atomic E-state index is 12.3. The van der Waals surface area contributed by atoms with E-state index in [4.69, 9.17) is 9.47 Å². The Hall–Kier alpha value is -3.03. The fourth-order valence-corrected chi connectivity index (χ4v) is 2.31. The van der Waals surface area contributed by atoms with Gasteiger partial charge in [0.05, 0.1) is 24.2 Å². The van der Waals surface area contributed by atoms with Crippen LogP contribution in [0.3, 0.4) is 0 Å². The molecule has 0 aliphatic heterocycles. The Bertz CT molecular complexity index is 813. The fourth-order valence-electron chi connectivity index (χ4n) is 2.31. The summed E-state index contributed by atoms with van der Waals surface area (Å²) < 4.78 is 11.7. The summed E-state index contributed by atoms with van der Waals surface area (Å²) in [7, 11) is 3.14. The van der Waals surface area contributed by atoms with Crippen molar-refractivity contribution in [3.63, 3.8) is 0 Å². The molecule has 0 aliphatic rings. The van der Waals surface area contributed by atoms with E-state index in [2.05, 4.69) is 10.4 Å². The Kier molecular flexibility index (Phi) is 5.31. The lowest BCUT2D eigenvalue weighted by molar-refractivity contribution is -0.123. The van der Waals surface area contributed by atoms with E-state index in [1.54, 1.807) is 24.7 Å². The Morgan fingerprint density at radius 1 is 1.32 bits per heavy atom. The molecule has 0 saturated heterocycles.